The quantitative estimate of drug-likeness (QED) is 0.458. The highest BCUT2D eigenvalue weighted by Gasteiger charge is 2.15. The molecule has 0 saturated carbocycles. The second kappa shape index (κ2) is 4.87. The minimum Gasteiger partial charge on any atom is -0.388 e. The molecular formula is C8H17N3O. The summed E-state index contributed by atoms with van der Waals surface area (Å²) in [6, 6.07) is -0.511. The first-order valence-corrected chi connectivity index (χ1v) is 4.01. The van der Waals surface area contributed by atoms with Crippen LogP contribution in [0, 0.1) is 5.92 Å². The molecule has 4 nitrogen and oxygen atoms in total. The van der Waals surface area contributed by atoms with Gasteiger partial charge >= 0.3 is 0 Å². The lowest BCUT2D eigenvalue weighted by molar-refractivity contribution is -0.122. The normalized spacial score (nSPS) is 14.9. The van der Waals surface area contributed by atoms with Gasteiger partial charge in [0.2, 0.25) is 0 Å². The number of hydrogen-bond acceptors (Lipinski definition) is 3. The minimum atomic E-state index is -0.511. The molecule has 4 heteroatoms. The number of Topliss-reactive ketones (excluding diaryl/α,β-unsaturated/α-hetero) is 1. The Morgan fingerprint density at radius 3 is 2.33 bits per heavy atom. The number of ketones is 1. The maximum Gasteiger partial charge on any atom is 0.153 e. The molecule has 0 rings (SSSR count). The molecule has 0 aromatic heterocycles. The first-order chi connectivity index (χ1) is 5.45. The van der Waals surface area contributed by atoms with Crippen LogP contribution in [0.1, 0.15) is 20.8 Å². The minimum absolute atomic E-state index is 0.0278. The number of amidine groups is 1. The molecule has 70 valence electrons. The number of carbonyl (C=O) groups is 1. The van der Waals surface area contributed by atoms with Crippen LogP contribution in [0.5, 0.6) is 0 Å². The standard InChI is InChI=1S/C8H17N3O/c1-5(2)8(12)7(10)4-11-6(3)9/h5,7H,4,10H2,1-3H3,(H2,9,11). The highest BCUT2D eigenvalue weighted by atomic mass is 16.1. The van der Waals surface area contributed by atoms with Crippen LogP contribution in [0.4, 0.5) is 0 Å². The van der Waals surface area contributed by atoms with Crippen LogP contribution in [0.25, 0.3) is 0 Å². The highest BCUT2D eigenvalue weighted by Crippen LogP contribution is 1.97. The zero-order valence-corrected chi connectivity index (χ0v) is 7.87. The molecule has 0 saturated heterocycles. The molecule has 0 aromatic carbocycles. The fourth-order valence-corrected chi connectivity index (χ4v) is 0.760. The van der Waals surface area contributed by atoms with Gasteiger partial charge in [-0.05, 0) is 6.92 Å². The molecule has 0 aliphatic heterocycles. The van der Waals surface area contributed by atoms with Crippen molar-refractivity contribution in [2.24, 2.45) is 22.4 Å². The van der Waals surface area contributed by atoms with Crippen LogP contribution in [0.15, 0.2) is 4.99 Å². The lowest BCUT2D eigenvalue weighted by atomic mass is 10.0. The van der Waals surface area contributed by atoms with E-state index in [1.165, 1.54) is 0 Å². The van der Waals surface area contributed by atoms with Gasteiger partial charge in [0.05, 0.1) is 18.4 Å². The van der Waals surface area contributed by atoms with Crippen molar-refractivity contribution in [3.05, 3.63) is 0 Å². The summed E-state index contributed by atoms with van der Waals surface area (Å²) in [6.45, 7) is 5.61. The van der Waals surface area contributed by atoms with Crippen molar-refractivity contribution >= 4 is 11.6 Å². The zero-order chi connectivity index (χ0) is 9.72. The number of aliphatic imine (C=N–C) groups is 1. The number of carbonyl (C=O) groups excluding carboxylic acids is 1. The first-order valence-electron chi connectivity index (χ1n) is 4.01. The third-order valence-electron chi connectivity index (χ3n) is 1.47. The van der Waals surface area contributed by atoms with Gasteiger partial charge in [0.1, 0.15) is 0 Å². The van der Waals surface area contributed by atoms with Gasteiger partial charge in [-0.1, -0.05) is 13.8 Å². The Balaban J connectivity index is 3.96. The molecule has 0 aromatic rings. The van der Waals surface area contributed by atoms with Crippen LogP contribution in [-0.2, 0) is 4.79 Å². The SMILES string of the molecule is CC(N)=NCC(N)C(=O)C(C)C. The van der Waals surface area contributed by atoms with Crippen molar-refractivity contribution in [1.29, 1.82) is 0 Å². The molecule has 4 N–H and O–H groups in total. The number of rotatable bonds is 4. The number of nitrogens with zero attached hydrogens (tertiary/aromatic N) is 1. The van der Waals surface area contributed by atoms with E-state index < -0.39 is 6.04 Å². The topological polar surface area (TPSA) is 81.5 Å². The Bertz CT molecular complexity index is 183. The largest absolute Gasteiger partial charge is 0.388 e. The van der Waals surface area contributed by atoms with E-state index in [1.807, 2.05) is 13.8 Å². The molecule has 12 heavy (non-hydrogen) atoms. The molecule has 0 bridgehead atoms. The van der Waals surface area contributed by atoms with Gasteiger partial charge < -0.3 is 11.5 Å². The summed E-state index contributed by atoms with van der Waals surface area (Å²) in [5.74, 6) is 0.454. The van der Waals surface area contributed by atoms with Crippen LogP contribution >= 0.6 is 0 Å². The molecule has 0 aliphatic carbocycles. The van der Waals surface area contributed by atoms with Crippen molar-refractivity contribution < 1.29 is 4.79 Å². The maximum atomic E-state index is 11.2. The zero-order valence-electron chi connectivity index (χ0n) is 7.87. The summed E-state index contributed by atoms with van der Waals surface area (Å²) < 4.78 is 0. The molecule has 0 heterocycles. The monoisotopic (exact) mass is 171 g/mol. The molecule has 0 spiro atoms. The average Bonchev–Trinajstić information content (AvgIpc) is 1.98. The predicted octanol–water partition coefficient (Wildman–Crippen LogP) is -0.0841. The second-order valence-corrected chi connectivity index (χ2v) is 3.15. The van der Waals surface area contributed by atoms with Crippen molar-refractivity contribution in [2.75, 3.05) is 6.54 Å². The average molecular weight is 171 g/mol. The highest BCUT2D eigenvalue weighted by molar-refractivity contribution is 5.86. The van der Waals surface area contributed by atoms with Gasteiger partial charge in [0.15, 0.2) is 5.78 Å². The predicted molar refractivity (Wildman–Crippen MR) is 50.0 cm³/mol. The van der Waals surface area contributed by atoms with E-state index >= 15 is 0 Å². The van der Waals surface area contributed by atoms with E-state index in [0.29, 0.717) is 12.4 Å². The van der Waals surface area contributed by atoms with Gasteiger partial charge in [0.25, 0.3) is 0 Å². The van der Waals surface area contributed by atoms with E-state index in [4.69, 9.17) is 11.5 Å². The summed E-state index contributed by atoms with van der Waals surface area (Å²) in [6.07, 6.45) is 0. The van der Waals surface area contributed by atoms with Crippen LogP contribution in [0.2, 0.25) is 0 Å². The van der Waals surface area contributed by atoms with Crippen LogP contribution in [0.3, 0.4) is 0 Å². The van der Waals surface area contributed by atoms with E-state index in [9.17, 15) is 4.79 Å². The Morgan fingerprint density at radius 2 is 2.00 bits per heavy atom. The molecule has 0 fully saturated rings. The van der Waals surface area contributed by atoms with Gasteiger partial charge in [-0.3, -0.25) is 9.79 Å². The summed E-state index contributed by atoms with van der Waals surface area (Å²) >= 11 is 0. The Hall–Kier alpha value is -0.900. The van der Waals surface area contributed by atoms with Crippen LogP contribution < -0.4 is 11.5 Å². The Kier molecular flexibility index (Phi) is 4.51. The fraction of sp³-hybridized carbons (Fsp3) is 0.750. The van der Waals surface area contributed by atoms with Gasteiger partial charge in [-0.2, -0.15) is 0 Å². The molecule has 0 aliphatic rings. The Morgan fingerprint density at radius 1 is 1.50 bits per heavy atom. The summed E-state index contributed by atoms with van der Waals surface area (Å²) in [5, 5.41) is 0. The van der Waals surface area contributed by atoms with Gasteiger partial charge in [-0.25, -0.2) is 0 Å². The molecule has 0 amide bonds. The molecular weight excluding hydrogens is 154 g/mol. The van der Waals surface area contributed by atoms with Crippen molar-refractivity contribution in [3.63, 3.8) is 0 Å². The van der Waals surface area contributed by atoms with E-state index in [0.717, 1.165) is 0 Å². The van der Waals surface area contributed by atoms with E-state index in [-0.39, 0.29) is 11.7 Å². The third-order valence-corrected chi connectivity index (χ3v) is 1.47. The lowest BCUT2D eigenvalue weighted by Gasteiger charge is -2.10. The Labute approximate surface area is 73.0 Å². The van der Waals surface area contributed by atoms with Crippen molar-refractivity contribution in [1.82, 2.24) is 0 Å². The molecule has 1 unspecified atom stereocenters. The fourth-order valence-electron chi connectivity index (χ4n) is 0.760. The second-order valence-electron chi connectivity index (χ2n) is 3.15. The molecule has 1 atom stereocenters. The van der Waals surface area contributed by atoms with Crippen molar-refractivity contribution in [3.8, 4) is 0 Å². The molecule has 0 radical (unpaired) electrons. The third kappa shape index (κ3) is 4.08. The van der Waals surface area contributed by atoms with Crippen molar-refractivity contribution in [2.45, 2.75) is 26.8 Å². The maximum absolute atomic E-state index is 11.2. The van der Waals surface area contributed by atoms with E-state index in [2.05, 4.69) is 4.99 Å². The number of hydrogen-bond donors (Lipinski definition) is 2. The summed E-state index contributed by atoms with van der Waals surface area (Å²) in [4.78, 5) is 15.1. The lowest BCUT2D eigenvalue weighted by Crippen LogP contribution is -2.36. The van der Waals surface area contributed by atoms with Gasteiger partial charge in [-0.15, -0.1) is 0 Å². The summed E-state index contributed by atoms with van der Waals surface area (Å²) in [5.41, 5.74) is 10.9. The smallest absolute Gasteiger partial charge is 0.153 e. The first kappa shape index (κ1) is 11.1. The number of nitrogens with two attached hydrogens (primary N) is 2. The van der Waals surface area contributed by atoms with Crippen LogP contribution in [-0.4, -0.2) is 24.2 Å². The van der Waals surface area contributed by atoms with Gasteiger partial charge in [0, 0.05) is 5.92 Å². The van der Waals surface area contributed by atoms with E-state index in [1.54, 1.807) is 6.92 Å². The summed E-state index contributed by atoms with van der Waals surface area (Å²) in [7, 11) is 0.